The number of primary amides is 1. The molecule has 0 saturated carbocycles. The Labute approximate surface area is 171 Å². The number of nitrogens with one attached hydrogen (secondary N) is 1. The molecule has 2 unspecified atom stereocenters. The fourth-order valence-electron chi connectivity index (χ4n) is 5.35. The Hall–Kier alpha value is -2.92. The predicted molar refractivity (Wildman–Crippen MR) is 98.4 cm³/mol. The van der Waals surface area contributed by atoms with Crippen molar-refractivity contribution in [3.63, 3.8) is 0 Å². The van der Waals surface area contributed by atoms with Gasteiger partial charge in [-0.3, -0.25) is 9.59 Å². The maximum Gasteiger partial charge on any atom is 0.404 e. The van der Waals surface area contributed by atoms with Crippen molar-refractivity contribution in [1.29, 1.82) is 0 Å². The maximum absolute atomic E-state index is 13.6. The minimum absolute atomic E-state index is 0.108. The number of ether oxygens (including phenoxy) is 3. The number of Topliss-reactive ketones (excluding diaryl/α,β-unsaturated/α-hetero) is 2. The lowest BCUT2D eigenvalue weighted by molar-refractivity contribution is -0.140. The summed E-state index contributed by atoms with van der Waals surface area (Å²) in [5, 5.41) is 3.30. The van der Waals surface area contributed by atoms with Crippen LogP contribution in [0.5, 0.6) is 0 Å². The zero-order valence-electron chi connectivity index (χ0n) is 16.8. The lowest BCUT2D eigenvalue weighted by atomic mass is 9.82. The molecule has 3 N–H and O–H groups in total. The van der Waals surface area contributed by atoms with Gasteiger partial charge in [0.15, 0.2) is 5.72 Å². The van der Waals surface area contributed by atoms with Gasteiger partial charge in [-0.1, -0.05) is 0 Å². The summed E-state index contributed by atoms with van der Waals surface area (Å²) in [4.78, 5) is 53.6. The van der Waals surface area contributed by atoms with Crippen LogP contribution < -0.4 is 11.1 Å². The molecule has 0 radical (unpaired) electrons. The Morgan fingerprint density at radius 3 is 2.57 bits per heavy atom. The van der Waals surface area contributed by atoms with Crippen molar-refractivity contribution in [1.82, 2.24) is 15.1 Å². The molecule has 0 bridgehead atoms. The number of fused-ring (bicyclic) bond motifs is 4. The van der Waals surface area contributed by atoms with Gasteiger partial charge in [0.2, 0.25) is 11.6 Å². The Kier molecular flexibility index (Phi) is 3.84. The molecule has 0 aromatic heterocycles. The number of esters is 1. The van der Waals surface area contributed by atoms with Crippen LogP contribution in [-0.2, 0) is 28.6 Å². The molecule has 4 heterocycles. The van der Waals surface area contributed by atoms with E-state index in [2.05, 4.69) is 5.32 Å². The zero-order chi connectivity index (χ0) is 21.5. The first kappa shape index (κ1) is 19.1. The Morgan fingerprint density at radius 2 is 1.93 bits per heavy atom. The van der Waals surface area contributed by atoms with Gasteiger partial charge in [-0.15, -0.1) is 0 Å². The number of piperazine rings is 1. The molecule has 11 heteroatoms. The lowest BCUT2D eigenvalue weighted by Gasteiger charge is -2.39. The predicted octanol–water partition coefficient (Wildman–Crippen LogP) is -1.75. The van der Waals surface area contributed by atoms with Crippen LogP contribution in [0.1, 0.15) is 6.92 Å². The summed E-state index contributed by atoms with van der Waals surface area (Å²) in [6, 6.07) is -0.575. The standard InChI is InChI=1S/C19H22N4O7/c1-7-12(22-5-10(22)17(26)28-2)15(25)11-8(6-30-18(20)27)19(29-3)16-9(21-16)4-23(19)13(11)14(7)24/h8-10,16,21H,4-6H2,1-3H3,(H2,20,27)/t8-,9+,10?,16+,19?,22?/m0/s1. The fourth-order valence-corrected chi connectivity index (χ4v) is 5.35. The van der Waals surface area contributed by atoms with Crippen molar-refractivity contribution < 1.29 is 33.4 Å². The van der Waals surface area contributed by atoms with Crippen molar-refractivity contribution in [2.75, 3.05) is 33.9 Å². The number of carbonyl (C=O) groups is 4. The molecular formula is C19H22N4O7. The van der Waals surface area contributed by atoms with Crippen molar-refractivity contribution in [2.24, 2.45) is 11.7 Å². The summed E-state index contributed by atoms with van der Waals surface area (Å²) in [5.74, 6) is -1.82. The molecule has 30 heavy (non-hydrogen) atoms. The number of nitrogens with zero attached hydrogens (tertiary/aromatic N) is 2. The van der Waals surface area contributed by atoms with Gasteiger partial charge < -0.3 is 35.1 Å². The topological polar surface area (TPSA) is 150 Å². The van der Waals surface area contributed by atoms with E-state index < -0.39 is 29.7 Å². The number of hydrogen-bond acceptors (Lipinski definition) is 10. The van der Waals surface area contributed by atoms with Crippen LogP contribution in [-0.4, -0.2) is 91.2 Å². The van der Waals surface area contributed by atoms with Gasteiger partial charge in [0.1, 0.15) is 12.6 Å². The molecule has 1 amide bonds. The van der Waals surface area contributed by atoms with Crippen LogP contribution in [0.4, 0.5) is 4.79 Å². The largest absolute Gasteiger partial charge is 0.467 e. The lowest BCUT2D eigenvalue weighted by Crippen LogP contribution is -2.55. The summed E-state index contributed by atoms with van der Waals surface area (Å²) in [6.45, 7) is 2.19. The molecule has 0 spiro atoms. The Bertz CT molecular complexity index is 972. The average Bonchev–Trinajstić information content (AvgIpc) is 3.61. The summed E-state index contributed by atoms with van der Waals surface area (Å²) < 4.78 is 15.8. The highest BCUT2D eigenvalue weighted by molar-refractivity contribution is 6.25. The first-order chi connectivity index (χ1) is 14.3. The summed E-state index contributed by atoms with van der Waals surface area (Å²) in [5.41, 5.74) is 5.14. The highest BCUT2D eigenvalue weighted by Gasteiger charge is 2.73. The van der Waals surface area contributed by atoms with E-state index in [0.717, 1.165) is 0 Å². The second-order valence-corrected chi connectivity index (χ2v) is 8.09. The fraction of sp³-hybridized carbons (Fsp3) is 0.579. The minimum Gasteiger partial charge on any atom is -0.467 e. The van der Waals surface area contributed by atoms with Crippen molar-refractivity contribution in [2.45, 2.75) is 30.8 Å². The van der Waals surface area contributed by atoms with Crippen LogP contribution >= 0.6 is 0 Å². The van der Waals surface area contributed by atoms with Gasteiger partial charge in [-0.2, -0.15) is 0 Å². The molecule has 11 nitrogen and oxygen atoms in total. The van der Waals surface area contributed by atoms with E-state index >= 15 is 0 Å². The minimum atomic E-state index is -1.02. The number of allylic oxidation sites excluding steroid dienone is 2. The number of ketones is 2. The average molecular weight is 418 g/mol. The molecule has 0 aromatic rings. The highest BCUT2D eigenvalue weighted by atomic mass is 16.6. The monoisotopic (exact) mass is 418 g/mol. The molecule has 1 aliphatic carbocycles. The van der Waals surface area contributed by atoms with Crippen LogP contribution in [0.2, 0.25) is 0 Å². The van der Waals surface area contributed by atoms with Gasteiger partial charge >= 0.3 is 12.1 Å². The summed E-state index contributed by atoms with van der Waals surface area (Å²) in [6.07, 6.45) is -0.974. The molecule has 5 aliphatic rings. The Morgan fingerprint density at radius 1 is 1.20 bits per heavy atom. The van der Waals surface area contributed by atoms with E-state index in [1.165, 1.54) is 14.2 Å². The summed E-state index contributed by atoms with van der Waals surface area (Å²) >= 11 is 0. The molecule has 4 aliphatic heterocycles. The third kappa shape index (κ3) is 2.21. The van der Waals surface area contributed by atoms with Crippen LogP contribution in [0.25, 0.3) is 0 Å². The van der Waals surface area contributed by atoms with Gasteiger partial charge in [-0.25, -0.2) is 9.59 Å². The third-order valence-electron chi connectivity index (χ3n) is 6.77. The van der Waals surface area contributed by atoms with Crippen molar-refractivity contribution in [3.05, 3.63) is 22.5 Å². The quantitative estimate of drug-likeness (QED) is 0.299. The van der Waals surface area contributed by atoms with E-state index in [4.69, 9.17) is 19.9 Å². The number of nitrogens with two attached hydrogens (primary N) is 1. The summed E-state index contributed by atoms with van der Waals surface area (Å²) in [7, 11) is 2.79. The number of hydrogen-bond donors (Lipinski definition) is 2. The van der Waals surface area contributed by atoms with E-state index in [9.17, 15) is 19.2 Å². The molecule has 3 saturated heterocycles. The van der Waals surface area contributed by atoms with Crippen LogP contribution in [0, 0.1) is 5.92 Å². The van der Waals surface area contributed by atoms with E-state index in [0.29, 0.717) is 13.1 Å². The van der Waals surface area contributed by atoms with E-state index in [1.54, 1.807) is 11.8 Å². The van der Waals surface area contributed by atoms with Crippen molar-refractivity contribution in [3.8, 4) is 0 Å². The zero-order valence-corrected chi connectivity index (χ0v) is 16.8. The number of carbonyl (C=O) groups excluding carboxylic acids is 4. The van der Waals surface area contributed by atoms with Gasteiger partial charge in [0.25, 0.3) is 0 Å². The molecule has 0 aromatic carbocycles. The molecule has 5 rings (SSSR count). The third-order valence-corrected chi connectivity index (χ3v) is 6.77. The molecular weight excluding hydrogens is 396 g/mol. The van der Waals surface area contributed by atoms with Gasteiger partial charge in [0, 0.05) is 30.8 Å². The smallest absolute Gasteiger partial charge is 0.404 e. The van der Waals surface area contributed by atoms with Crippen LogP contribution in [0.15, 0.2) is 22.5 Å². The molecule has 3 fully saturated rings. The maximum atomic E-state index is 13.6. The van der Waals surface area contributed by atoms with E-state index in [-0.39, 0.29) is 52.8 Å². The van der Waals surface area contributed by atoms with Gasteiger partial charge in [-0.05, 0) is 6.92 Å². The van der Waals surface area contributed by atoms with Gasteiger partial charge in [0.05, 0.1) is 37.0 Å². The van der Waals surface area contributed by atoms with Crippen LogP contribution in [0.3, 0.4) is 0 Å². The van der Waals surface area contributed by atoms with E-state index in [1.807, 2.05) is 4.90 Å². The first-order valence-electron chi connectivity index (χ1n) is 9.67. The molecule has 5 atom stereocenters. The van der Waals surface area contributed by atoms with Crippen molar-refractivity contribution >= 4 is 23.6 Å². The SMILES string of the molecule is COC(=O)C1CN1C1=C(C)C(=O)C2=C(C1=O)[C@H](COC(N)=O)C1(OC)[C@@H]3N[C@@H]3CN21. The number of methoxy groups -OCH3 is 2. The Balaban J connectivity index is 1.56. The number of amides is 1. The highest BCUT2D eigenvalue weighted by Crippen LogP contribution is 2.56. The first-order valence-corrected chi connectivity index (χ1v) is 9.67. The second kappa shape index (κ2) is 6.05. The normalized spacial score (nSPS) is 36.0. The molecule has 160 valence electrons. The second-order valence-electron chi connectivity index (χ2n) is 8.09. The number of rotatable bonds is 5.